The SMILES string of the molecule is Cc1ccc2nc([C@@H]3CCCN3C(=O)NCc3ccccc3)[nH]c2c1. The van der Waals surface area contributed by atoms with Crippen molar-refractivity contribution in [1.82, 2.24) is 20.2 Å². The number of likely N-dealkylation sites (tertiary alicyclic amines) is 1. The van der Waals surface area contributed by atoms with Gasteiger partial charge in [-0.05, 0) is 43.0 Å². The summed E-state index contributed by atoms with van der Waals surface area (Å²) in [7, 11) is 0. The minimum atomic E-state index is -0.0250. The molecule has 1 aliphatic heterocycles. The van der Waals surface area contributed by atoms with Gasteiger partial charge in [0, 0.05) is 13.1 Å². The Labute approximate surface area is 147 Å². The molecule has 0 saturated carbocycles. The van der Waals surface area contributed by atoms with Gasteiger partial charge in [0.1, 0.15) is 5.82 Å². The van der Waals surface area contributed by atoms with Crippen molar-refractivity contribution in [3.05, 3.63) is 65.5 Å². The number of carbonyl (C=O) groups is 1. The van der Waals surface area contributed by atoms with E-state index < -0.39 is 0 Å². The van der Waals surface area contributed by atoms with Gasteiger partial charge in [0.15, 0.2) is 0 Å². The first-order chi connectivity index (χ1) is 12.2. The van der Waals surface area contributed by atoms with Crippen molar-refractivity contribution in [1.29, 1.82) is 0 Å². The summed E-state index contributed by atoms with van der Waals surface area (Å²) in [4.78, 5) is 22.7. The lowest BCUT2D eigenvalue weighted by Gasteiger charge is -2.23. The van der Waals surface area contributed by atoms with Crippen LogP contribution < -0.4 is 5.32 Å². The van der Waals surface area contributed by atoms with E-state index in [2.05, 4.69) is 29.4 Å². The summed E-state index contributed by atoms with van der Waals surface area (Å²) in [5.41, 5.74) is 4.29. The number of H-pyrrole nitrogens is 1. The van der Waals surface area contributed by atoms with Crippen molar-refractivity contribution in [2.75, 3.05) is 6.54 Å². The van der Waals surface area contributed by atoms with E-state index in [-0.39, 0.29) is 12.1 Å². The van der Waals surface area contributed by atoms with Crippen molar-refractivity contribution in [3.63, 3.8) is 0 Å². The molecule has 2 amide bonds. The van der Waals surface area contributed by atoms with E-state index in [9.17, 15) is 4.79 Å². The summed E-state index contributed by atoms with van der Waals surface area (Å²) < 4.78 is 0. The smallest absolute Gasteiger partial charge is 0.318 e. The van der Waals surface area contributed by atoms with Crippen molar-refractivity contribution >= 4 is 17.1 Å². The third-order valence-corrected chi connectivity index (χ3v) is 4.77. The van der Waals surface area contributed by atoms with Crippen LogP contribution in [0, 0.1) is 6.92 Å². The second-order valence-electron chi connectivity index (χ2n) is 6.64. The highest BCUT2D eigenvalue weighted by Gasteiger charge is 2.32. The molecule has 2 aromatic carbocycles. The van der Waals surface area contributed by atoms with Gasteiger partial charge in [0.25, 0.3) is 0 Å². The molecule has 0 bridgehead atoms. The number of fused-ring (bicyclic) bond motifs is 1. The summed E-state index contributed by atoms with van der Waals surface area (Å²) >= 11 is 0. The van der Waals surface area contributed by atoms with Gasteiger partial charge in [-0.1, -0.05) is 36.4 Å². The Hall–Kier alpha value is -2.82. The molecule has 1 fully saturated rings. The molecule has 1 aromatic heterocycles. The maximum absolute atomic E-state index is 12.6. The lowest BCUT2D eigenvalue weighted by molar-refractivity contribution is 0.191. The predicted octanol–water partition coefficient (Wildman–Crippen LogP) is 3.92. The number of aromatic nitrogens is 2. The molecule has 1 aliphatic rings. The molecule has 128 valence electrons. The monoisotopic (exact) mass is 334 g/mol. The van der Waals surface area contributed by atoms with Gasteiger partial charge in [-0.3, -0.25) is 0 Å². The van der Waals surface area contributed by atoms with Crippen LogP contribution in [-0.2, 0) is 6.54 Å². The molecule has 0 aliphatic carbocycles. The maximum Gasteiger partial charge on any atom is 0.318 e. The van der Waals surface area contributed by atoms with Crippen molar-refractivity contribution in [3.8, 4) is 0 Å². The fourth-order valence-electron chi connectivity index (χ4n) is 3.47. The maximum atomic E-state index is 12.6. The van der Waals surface area contributed by atoms with Crippen molar-refractivity contribution in [2.45, 2.75) is 32.4 Å². The number of urea groups is 1. The topological polar surface area (TPSA) is 61.0 Å². The van der Waals surface area contributed by atoms with Crippen LogP contribution in [-0.4, -0.2) is 27.4 Å². The van der Waals surface area contributed by atoms with Gasteiger partial charge in [0.05, 0.1) is 17.1 Å². The van der Waals surface area contributed by atoms with Crippen molar-refractivity contribution in [2.24, 2.45) is 0 Å². The zero-order valence-electron chi connectivity index (χ0n) is 14.3. The number of amides is 2. The summed E-state index contributed by atoms with van der Waals surface area (Å²) in [5.74, 6) is 0.882. The quantitative estimate of drug-likeness (QED) is 0.763. The van der Waals surface area contributed by atoms with Gasteiger partial charge in [-0.2, -0.15) is 0 Å². The molecule has 2 heterocycles. The number of benzene rings is 2. The largest absolute Gasteiger partial charge is 0.340 e. The van der Waals surface area contributed by atoms with Gasteiger partial charge in [-0.25, -0.2) is 9.78 Å². The standard InChI is InChI=1S/C20H22N4O/c1-14-9-10-16-17(12-14)23-19(22-16)18-8-5-11-24(18)20(25)21-13-15-6-3-2-4-7-15/h2-4,6-7,9-10,12,18H,5,8,11,13H2,1H3,(H,21,25)(H,22,23)/t18-/m0/s1. The fourth-order valence-corrected chi connectivity index (χ4v) is 3.47. The van der Waals surface area contributed by atoms with Crippen LogP contribution in [0.5, 0.6) is 0 Å². The van der Waals surface area contributed by atoms with Crippen LogP contribution in [0.3, 0.4) is 0 Å². The Bertz CT molecular complexity index is 887. The molecule has 5 nitrogen and oxygen atoms in total. The number of nitrogens with one attached hydrogen (secondary N) is 2. The lowest BCUT2D eigenvalue weighted by Crippen LogP contribution is -2.39. The number of hydrogen-bond donors (Lipinski definition) is 2. The van der Waals surface area contributed by atoms with Gasteiger partial charge < -0.3 is 15.2 Å². The third kappa shape index (κ3) is 3.22. The molecule has 0 unspecified atom stereocenters. The normalized spacial score (nSPS) is 17.2. The highest BCUT2D eigenvalue weighted by atomic mass is 16.2. The zero-order chi connectivity index (χ0) is 17.2. The van der Waals surface area contributed by atoms with E-state index in [1.807, 2.05) is 41.3 Å². The Balaban J connectivity index is 1.50. The molecule has 5 heteroatoms. The summed E-state index contributed by atoms with van der Waals surface area (Å²) in [6, 6.07) is 16.2. The van der Waals surface area contributed by atoms with Gasteiger partial charge in [0.2, 0.25) is 0 Å². The van der Waals surface area contributed by atoms with Crippen molar-refractivity contribution < 1.29 is 4.79 Å². The Morgan fingerprint density at radius 1 is 1.28 bits per heavy atom. The molecule has 1 atom stereocenters. The number of rotatable bonds is 3. The van der Waals surface area contributed by atoms with Gasteiger partial charge in [-0.15, -0.1) is 0 Å². The predicted molar refractivity (Wildman–Crippen MR) is 98.2 cm³/mol. The molecule has 3 aromatic rings. The number of carbonyl (C=O) groups excluding carboxylic acids is 1. The van der Waals surface area contributed by atoms with Crippen LogP contribution >= 0.6 is 0 Å². The molecule has 1 saturated heterocycles. The number of imidazole rings is 1. The molecule has 4 rings (SSSR count). The van der Waals surface area contributed by atoms with E-state index in [0.717, 1.165) is 41.8 Å². The minimum absolute atomic E-state index is 0.0171. The molecular formula is C20H22N4O. The second kappa shape index (κ2) is 6.59. The number of nitrogens with zero attached hydrogens (tertiary/aromatic N) is 2. The highest BCUT2D eigenvalue weighted by Crippen LogP contribution is 2.31. The first kappa shape index (κ1) is 15.7. The van der Waals surface area contributed by atoms with E-state index >= 15 is 0 Å². The Kier molecular flexibility index (Phi) is 4.14. The average Bonchev–Trinajstić information content (AvgIpc) is 3.26. The summed E-state index contributed by atoms with van der Waals surface area (Å²) in [6.07, 6.45) is 1.94. The highest BCUT2D eigenvalue weighted by molar-refractivity contribution is 5.77. The molecule has 0 radical (unpaired) electrons. The average molecular weight is 334 g/mol. The number of aromatic amines is 1. The van der Waals surface area contributed by atoms with Gasteiger partial charge >= 0.3 is 6.03 Å². The van der Waals surface area contributed by atoms with Crippen LogP contribution in [0.4, 0.5) is 4.79 Å². The second-order valence-corrected chi connectivity index (χ2v) is 6.64. The first-order valence-electron chi connectivity index (χ1n) is 8.75. The minimum Gasteiger partial charge on any atom is -0.340 e. The fraction of sp³-hybridized carbons (Fsp3) is 0.300. The summed E-state index contributed by atoms with van der Waals surface area (Å²) in [6.45, 7) is 3.38. The van der Waals surface area contributed by atoms with Crippen LogP contribution in [0.1, 0.15) is 35.8 Å². The summed E-state index contributed by atoms with van der Waals surface area (Å²) in [5, 5.41) is 3.03. The van der Waals surface area contributed by atoms with E-state index in [4.69, 9.17) is 4.98 Å². The van der Waals surface area contributed by atoms with E-state index in [0.29, 0.717) is 6.54 Å². The van der Waals surface area contributed by atoms with E-state index in [1.165, 1.54) is 5.56 Å². The molecular weight excluding hydrogens is 312 g/mol. The van der Waals surface area contributed by atoms with E-state index in [1.54, 1.807) is 0 Å². The lowest BCUT2D eigenvalue weighted by atomic mass is 10.2. The Morgan fingerprint density at radius 2 is 2.12 bits per heavy atom. The van der Waals surface area contributed by atoms with Crippen LogP contribution in [0.2, 0.25) is 0 Å². The molecule has 0 spiro atoms. The first-order valence-corrected chi connectivity index (χ1v) is 8.75. The van der Waals surface area contributed by atoms with Crippen LogP contribution in [0.25, 0.3) is 11.0 Å². The Morgan fingerprint density at radius 3 is 2.96 bits per heavy atom. The number of hydrogen-bond acceptors (Lipinski definition) is 2. The third-order valence-electron chi connectivity index (χ3n) is 4.77. The van der Waals surface area contributed by atoms with Crippen LogP contribution in [0.15, 0.2) is 48.5 Å². The zero-order valence-corrected chi connectivity index (χ0v) is 14.3. The molecule has 2 N–H and O–H groups in total. The molecule has 25 heavy (non-hydrogen) atoms. The number of aryl methyl sites for hydroxylation is 1.